The van der Waals surface area contributed by atoms with Crippen molar-refractivity contribution in [2.24, 2.45) is 5.73 Å². The predicted molar refractivity (Wildman–Crippen MR) is 71.1 cm³/mol. The lowest BCUT2D eigenvalue weighted by Gasteiger charge is -2.50. The number of hydrogen-bond acceptors (Lipinski definition) is 3. The molecule has 0 spiro atoms. The highest BCUT2D eigenvalue weighted by Gasteiger charge is 2.44. The minimum absolute atomic E-state index is 0.136. The zero-order valence-corrected chi connectivity index (χ0v) is 11.3. The van der Waals surface area contributed by atoms with Gasteiger partial charge in [-0.05, 0) is 38.8 Å². The molecule has 1 aliphatic heterocycles. The first-order chi connectivity index (χ1) is 8.33. The van der Waals surface area contributed by atoms with Crippen LogP contribution in [0.4, 0.5) is 0 Å². The second-order valence-electron chi connectivity index (χ2n) is 5.68. The predicted octanol–water partition coefficient (Wildman–Crippen LogP) is 2.15. The molecule has 2 N–H and O–H groups in total. The van der Waals surface area contributed by atoms with Crippen LogP contribution < -0.4 is 5.73 Å². The molecule has 3 nitrogen and oxygen atoms in total. The van der Waals surface area contributed by atoms with Gasteiger partial charge >= 0.3 is 0 Å². The summed E-state index contributed by atoms with van der Waals surface area (Å²) in [4.78, 5) is 2.66. The van der Waals surface area contributed by atoms with Crippen molar-refractivity contribution in [3.8, 4) is 0 Å². The van der Waals surface area contributed by atoms with E-state index in [9.17, 15) is 0 Å². The van der Waals surface area contributed by atoms with E-state index >= 15 is 0 Å². The highest BCUT2D eigenvalue weighted by atomic mass is 16.5. The summed E-state index contributed by atoms with van der Waals surface area (Å²) in [6.07, 6.45) is 10.8. The summed E-state index contributed by atoms with van der Waals surface area (Å²) in [5.74, 6) is 0. The Labute approximate surface area is 106 Å². The highest BCUT2D eigenvalue weighted by molar-refractivity contribution is 5.01. The van der Waals surface area contributed by atoms with Gasteiger partial charge in [0.05, 0.1) is 11.6 Å². The fourth-order valence-electron chi connectivity index (χ4n) is 3.77. The van der Waals surface area contributed by atoms with Crippen LogP contribution in [0, 0.1) is 0 Å². The van der Waals surface area contributed by atoms with Crippen molar-refractivity contribution >= 4 is 0 Å². The molecule has 1 saturated heterocycles. The van der Waals surface area contributed by atoms with E-state index < -0.39 is 0 Å². The zero-order chi connectivity index (χ0) is 12.1. The third-order valence-electron chi connectivity index (χ3n) is 4.80. The molecule has 2 aliphatic rings. The normalized spacial score (nSPS) is 36.7. The minimum Gasteiger partial charge on any atom is -0.379 e. The lowest BCUT2D eigenvalue weighted by Crippen LogP contribution is -2.63. The molecule has 2 rings (SSSR count). The molecule has 0 aromatic rings. The monoisotopic (exact) mass is 240 g/mol. The quantitative estimate of drug-likeness (QED) is 0.821. The molecule has 2 unspecified atom stereocenters. The van der Waals surface area contributed by atoms with Crippen molar-refractivity contribution in [2.75, 3.05) is 26.7 Å². The van der Waals surface area contributed by atoms with E-state index in [4.69, 9.17) is 10.5 Å². The molecule has 2 fully saturated rings. The molecule has 100 valence electrons. The third-order valence-corrected chi connectivity index (χ3v) is 4.80. The molecular weight excluding hydrogens is 212 g/mol. The summed E-state index contributed by atoms with van der Waals surface area (Å²) >= 11 is 0. The Hall–Kier alpha value is -0.120. The van der Waals surface area contributed by atoms with Crippen molar-refractivity contribution in [2.45, 2.75) is 63.0 Å². The van der Waals surface area contributed by atoms with Gasteiger partial charge in [-0.2, -0.15) is 0 Å². The van der Waals surface area contributed by atoms with Gasteiger partial charge < -0.3 is 10.5 Å². The summed E-state index contributed by atoms with van der Waals surface area (Å²) in [5, 5.41) is 0. The summed E-state index contributed by atoms with van der Waals surface area (Å²) in [5.41, 5.74) is 6.30. The van der Waals surface area contributed by atoms with Gasteiger partial charge in [0.15, 0.2) is 0 Å². The number of likely N-dealkylation sites (tertiary alicyclic amines) is 1. The SMILES string of the molecule is COC1CCCCC1(CN)N1CCCCCC1. The number of rotatable bonds is 3. The molecule has 0 aromatic carbocycles. The topological polar surface area (TPSA) is 38.5 Å². The Morgan fingerprint density at radius 1 is 1.12 bits per heavy atom. The Morgan fingerprint density at radius 2 is 1.82 bits per heavy atom. The summed E-state index contributed by atoms with van der Waals surface area (Å²) < 4.78 is 5.77. The van der Waals surface area contributed by atoms with Gasteiger partial charge in [0.25, 0.3) is 0 Å². The first-order valence-electron chi connectivity index (χ1n) is 7.31. The average Bonchev–Trinajstić information content (AvgIpc) is 2.67. The van der Waals surface area contributed by atoms with E-state index in [0.29, 0.717) is 6.10 Å². The maximum atomic E-state index is 6.16. The molecule has 0 amide bonds. The maximum absolute atomic E-state index is 6.16. The number of nitrogens with zero attached hydrogens (tertiary/aromatic N) is 1. The average molecular weight is 240 g/mol. The van der Waals surface area contributed by atoms with Crippen LogP contribution >= 0.6 is 0 Å². The van der Waals surface area contributed by atoms with Gasteiger partial charge in [-0.1, -0.05) is 25.7 Å². The second kappa shape index (κ2) is 6.17. The summed E-state index contributed by atoms with van der Waals surface area (Å²) in [6.45, 7) is 3.19. The van der Waals surface area contributed by atoms with Crippen molar-refractivity contribution in [3.63, 3.8) is 0 Å². The van der Waals surface area contributed by atoms with E-state index in [-0.39, 0.29) is 5.54 Å². The molecule has 3 heteroatoms. The van der Waals surface area contributed by atoms with Crippen LogP contribution in [-0.2, 0) is 4.74 Å². The Bertz CT molecular complexity index is 226. The van der Waals surface area contributed by atoms with E-state index in [1.54, 1.807) is 0 Å². The maximum Gasteiger partial charge on any atom is 0.0767 e. The molecule has 0 aromatic heterocycles. The van der Waals surface area contributed by atoms with Gasteiger partial charge in [-0.25, -0.2) is 0 Å². The lowest BCUT2D eigenvalue weighted by atomic mass is 9.77. The molecular formula is C14H28N2O. The molecule has 0 radical (unpaired) electrons. The number of ether oxygens (including phenoxy) is 1. The van der Waals surface area contributed by atoms with Crippen molar-refractivity contribution in [3.05, 3.63) is 0 Å². The number of methoxy groups -OCH3 is 1. The summed E-state index contributed by atoms with van der Waals surface area (Å²) in [6, 6.07) is 0. The fraction of sp³-hybridized carbons (Fsp3) is 1.00. The van der Waals surface area contributed by atoms with Crippen LogP contribution in [0.25, 0.3) is 0 Å². The Kier molecular flexibility index (Phi) is 4.83. The van der Waals surface area contributed by atoms with Crippen LogP contribution in [0.5, 0.6) is 0 Å². The fourth-order valence-corrected chi connectivity index (χ4v) is 3.77. The Balaban J connectivity index is 2.14. The molecule has 1 saturated carbocycles. The highest BCUT2D eigenvalue weighted by Crippen LogP contribution is 2.36. The third kappa shape index (κ3) is 2.67. The first-order valence-corrected chi connectivity index (χ1v) is 7.31. The van der Waals surface area contributed by atoms with Gasteiger partial charge in [0.1, 0.15) is 0 Å². The molecule has 1 aliphatic carbocycles. The van der Waals surface area contributed by atoms with Gasteiger partial charge in [-0.3, -0.25) is 4.90 Å². The molecule has 2 atom stereocenters. The smallest absolute Gasteiger partial charge is 0.0767 e. The molecule has 1 heterocycles. The van der Waals surface area contributed by atoms with Crippen LogP contribution in [0.3, 0.4) is 0 Å². The number of hydrogen-bond donors (Lipinski definition) is 1. The van der Waals surface area contributed by atoms with Crippen molar-refractivity contribution in [1.82, 2.24) is 4.90 Å². The second-order valence-corrected chi connectivity index (χ2v) is 5.68. The van der Waals surface area contributed by atoms with E-state index in [0.717, 1.165) is 6.54 Å². The van der Waals surface area contributed by atoms with E-state index in [1.165, 1.54) is 64.5 Å². The largest absolute Gasteiger partial charge is 0.379 e. The van der Waals surface area contributed by atoms with Crippen LogP contribution in [0.15, 0.2) is 0 Å². The van der Waals surface area contributed by atoms with E-state index in [1.807, 2.05) is 7.11 Å². The summed E-state index contributed by atoms with van der Waals surface area (Å²) in [7, 11) is 1.86. The number of nitrogens with two attached hydrogens (primary N) is 1. The van der Waals surface area contributed by atoms with Gasteiger partial charge in [-0.15, -0.1) is 0 Å². The zero-order valence-electron chi connectivity index (χ0n) is 11.3. The van der Waals surface area contributed by atoms with Gasteiger partial charge in [0, 0.05) is 13.7 Å². The molecule has 0 bridgehead atoms. The standard InChI is InChI=1S/C14H28N2O/c1-17-13-8-4-5-9-14(13,12-15)16-10-6-2-3-7-11-16/h13H,2-12,15H2,1H3. The van der Waals surface area contributed by atoms with Gasteiger partial charge in [0.2, 0.25) is 0 Å². The molecule has 17 heavy (non-hydrogen) atoms. The Morgan fingerprint density at radius 3 is 2.41 bits per heavy atom. The minimum atomic E-state index is 0.136. The van der Waals surface area contributed by atoms with Crippen molar-refractivity contribution in [1.29, 1.82) is 0 Å². The van der Waals surface area contributed by atoms with Crippen LogP contribution in [-0.4, -0.2) is 43.3 Å². The lowest BCUT2D eigenvalue weighted by molar-refractivity contribution is -0.0744. The van der Waals surface area contributed by atoms with Crippen LogP contribution in [0.2, 0.25) is 0 Å². The van der Waals surface area contributed by atoms with Crippen molar-refractivity contribution < 1.29 is 4.74 Å². The first kappa shape index (κ1) is 13.3. The van der Waals surface area contributed by atoms with E-state index in [2.05, 4.69) is 4.90 Å². The van der Waals surface area contributed by atoms with Crippen LogP contribution in [0.1, 0.15) is 51.4 Å².